The number of halogens is 3. The average molecular weight is 424 g/mol. The Kier molecular flexibility index (Phi) is 8.11. The maximum atomic E-state index is 12.4. The van der Waals surface area contributed by atoms with E-state index in [1.807, 2.05) is 36.2 Å². The lowest BCUT2D eigenvalue weighted by Gasteiger charge is -2.19. The van der Waals surface area contributed by atoms with E-state index >= 15 is 0 Å². The van der Waals surface area contributed by atoms with Gasteiger partial charge in [-0.05, 0) is 55.3 Å². The number of benzene rings is 2. The minimum absolute atomic E-state index is 0.119. The summed E-state index contributed by atoms with van der Waals surface area (Å²) >= 11 is 0. The van der Waals surface area contributed by atoms with Crippen molar-refractivity contribution in [2.24, 2.45) is 0 Å². The normalized spacial score (nSPS) is 11.5. The third-order valence-electron chi connectivity index (χ3n) is 4.42. The minimum Gasteiger partial charge on any atom is -0.497 e. The Morgan fingerprint density at radius 2 is 1.67 bits per heavy atom. The van der Waals surface area contributed by atoms with Gasteiger partial charge in [0.1, 0.15) is 11.5 Å². The van der Waals surface area contributed by atoms with Crippen molar-refractivity contribution in [3.63, 3.8) is 0 Å². The molecule has 1 N–H and O–H groups in total. The first-order valence-electron chi connectivity index (χ1n) is 9.45. The van der Waals surface area contributed by atoms with Gasteiger partial charge in [-0.3, -0.25) is 9.69 Å². The number of nitrogens with zero attached hydrogens (tertiary/aromatic N) is 1. The van der Waals surface area contributed by atoms with Crippen LogP contribution in [0.2, 0.25) is 0 Å². The zero-order valence-electron chi connectivity index (χ0n) is 17.6. The molecular weight excluding hydrogens is 397 g/mol. The van der Waals surface area contributed by atoms with Crippen LogP contribution in [0.3, 0.4) is 0 Å². The molecule has 2 rings (SSSR count). The van der Waals surface area contributed by atoms with Crippen LogP contribution in [0.4, 0.5) is 13.2 Å². The van der Waals surface area contributed by atoms with Crippen molar-refractivity contribution in [1.82, 2.24) is 10.2 Å². The maximum Gasteiger partial charge on any atom is 0.422 e. The fourth-order valence-electron chi connectivity index (χ4n) is 3.13. The molecule has 0 fully saturated rings. The average Bonchev–Trinajstić information content (AvgIpc) is 2.65. The van der Waals surface area contributed by atoms with E-state index in [-0.39, 0.29) is 18.2 Å². The van der Waals surface area contributed by atoms with E-state index in [2.05, 4.69) is 5.32 Å². The van der Waals surface area contributed by atoms with E-state index in [4.69, 9.17) is 9.47 Å². The third kappa shape index (κ3) is 7.59. The van der Waals surface area contributed by atoms with Gasteiger partial charge in [-0.25, -0.2) is 0 Å². The van der Waals surface area contributed by atoms with Gasteiger partial charge in [0.2, 0.25) is 5.91 Å². The Hall–Kier alpha value is -2.74. The molecule has 0 aliphatic heterocycles. The van der Waals surface area contributed by atoms with E-state index in [1.54, 1.807) is 33.1 Å². The summed E-state index contributed by atoms with van der Waals surface area (Å²) in [4.78, 5) is 14.0. The quantitative estimate of drug-likeness (QED) is 0.661. The largest absolute Gasteiger partial charge is 0.497 e. The van der Waals surface area contributed by atoms with Crippen molar-refractivity contribution in [3.8, 4) is 11.5 Å². The summed E-state index contributed by atoms with van der Waals surface area (Å²) in [6, 6.07) is 11.0. The number of rotatable bonds is 9. The van der Waals surface area contributed by atoms with Crippen LogP contribution in [-0.2, 0) is 17.9 Å². The second-order valence-corrected chi connectivity index (χ2v) is 7.26. The number of carbonyl (C=O) groups excluding carboxylic acids is 1. The zero-order chi connectivity index (χ0) is 22.3. The molecular formula is C22H27F3N2O3. The monoisotopic (exact) mass is 424 g/mol. The second kappa shape index (κ2) is 10.3. The zero-order valence-corrected chi connectivity index (χ0v) is 17.6. The summed E-state index contributed by atoms with van der Waals surface area (Å²) in [6.07, 6.45) is -4.38. The molecule has 0 saturated heterocycles. The summed E-state index contributed by atoms with van der Waals surface area (Å²) < 4.78 is 47.3. The van der Waals surface area contributed by atoms with Gasteiger partial charge >= 0.3 is 6.18 Å². The number of alkyl halides is 3. The van der Waals surface area contributed by atoms with Gasteiger partial charge < -0.3 is 14.8 Å². The van der Waals surface area contributed by atoms with E-state index in [9.17, 15) is 18.0 Å². The summed E-state index contributed by atoms with van der Waals surface area (Å²) in [7, 11) is 3.41. The summed E-state index contributed by atoms with van der Waals surface area (Å²) in [5.41, 5.74) is 3.13. The number of hydrogen-bond acceptors (Lipinski definition) is 4. The second-order valence-electron chi connectivity index (χ2n) is 7.26. The fraction of sp³-hybridized carbons (Fsp3) is 0.409. The van der Waals surface area contributed by atoms with Crippen LogP contribution in [0, 0.1) is 13.8 Å². The molecule has 0 saturated carbocycles. The molecule has 8 heteroatoms. The van der Waals surface area contributed by atoms with Gasteiger partial charge in [-0.1, -0.05) is 24.3 Å². The number of aryl methyl sites for hydroxylation is 2. The van der Waals surface area contributed by atoms with Crippen LogP contribution >= 0.6 is 0 Å². The Morgan fingerprint density at radius 3 is 2.20 bits per heavy atom. The van der Waals surface area contributed by atoms with Crippen LogP contribution in [0.1, 0.15) is 22.3 Å². The van der Waals surface area contributed by atoms with Crippen molar-refractivity contribution < 1.29 is 27.4 Å². The predicted molar refractivity (Wildman–Crippen MR) is 109 cm³/mol. The molecule has 2 aromatic rings. The molecule has 0 aromatic heterocycles. The number of likely N-dealkylation sites (N-methyl/N-ethyl adjacent to an activating group) is 1. The highest BCUT2D eigenvalue weighted by Crippen LogP contribution is 2.27. The SMILES string of the molecule is COc1ccc(CNC(=O)CN(C)Cc2cc(C)c(OCC(F)(F)F)c(C)c2)cc1. The standard InChI is InChI=1S/C22H27F3N2O3/c1-15-9-18(10-16(2)21(15)30-14-22(23,24)25)12-27(3)13-20(28)26-11-17-5-7-19(29-4)8-6-17/h5-10H,11-14H2,1-4H3,(H,26,28). The van der Waals surface area contributed by atoms with Crippen LogP contribution in [-0.4, -0.2) is 44.3 Å². The molecule has 30 heavy (non-hydrogen) atoms. The first-order chi connectivity index (χ1) is 14.1. The molecule has 0 aliphatic rings. The number of ether oxygens (including phenoxy) is 2. The van der Waals surface area contributed by atoms with Crippen molar-refractivity contribution in [2.75, 3.05) is 27.3 Å². The number of nitrogens with one attached hydrogen (secondary N) is 1. The number of carbonyl (C=O) groups is 1. The Morgan fingerprint density at radius 1 is 1.07 bits per heavy atom. The first kappa shape index (κ1) is 23.5. The summed E-state index contributed by atoms with van der Waals surface area (Å²) in [5, 5.41) is 2.87. The Bertz CT molecular complexity index is 829. The van der Waals surface area contributed by atoms with E-state index in [1.165, 1.54) is 0 Å². The molecule has 2 aromatic carbocycles. The molecule has 164 valence electrons. The van der Waals surface area contributed by atoms with Crippen LogP contribution in [0.15, 0.2) is 36.4 Å². The lowest BCUT2D eigenvalue weighted by molar-refractivity contribution is -0.153. The van der Waals surface area contributed by atoms with Gasteiger partial charge in [0.15, 0.2) is 6.61 Å². The van der Waals surface area contributed by atoms with Crippen LogP contribution < -0.4 is 14.8 Å². The van der Waals surface area contributed by atoms with E-state index in [0.717, 1.165) is 16.9 Å². The molecule has 0 unspecified atom stereocenters. The molecule has 1 amide bonds. The number of hydrogen-bond donors (Lipinski definition) is 1. The number of amides is 1. The van der Waals surface area contributed by atoms with Crippen molar-refractivity contribution in [3.05, 3.63) is 58.7 Å². The Balaban J connectivity index is 1.87. The molecule has 0 bridgehead atoms. The highest BCUT2D eigenvalue weighted by Gasteiger charge is 2.29. The predicted octanol–water partition coefficient (Wildman–Crippen LogP) is 4.00. The summed E-state index contributed by atoms with van der Waals surface area (Å²) in [5.74, 6) is 0.882. The van der Waals surface area contributed by atoms with Gasteiger partial charge in [0.05, 0.1) is 13.7 Å². The van der Waals surface area contributed by atoms with Crippen LogP contribution in [0.25, 0.3) is 0 Å². The number of methoxy groups -OCH3 is 1. The van der Waals surface area contributed by atoms with E-state index < -0.39 is 12.8 Å². The molecule has 0 aliphatic carbocycles. The molecule has 0 spiro atoms. The first-order valence-corrected chi connectivity index (χ1v) is 9.45. The fourth-order valence-corrected chi connectivity index (χ4v) is 3.13. The van der Waals surface area contributed by atoms with Crippen molar-refractivity contribution >= 4 is 5.91 Å². The lowest BCUT2D eigenvalue weighted by atomic mass is 10.1. The molecule has 0 atom stereocenters. The van der Waals surface area contributed by atoms with Gasteiger partial charge in [0, 0.05) is 13.1 Å². The van der Waals surface area contributed by atoms with Gasteiger partial charge in [-0.2, -0.15) is 13.2 Å². The van der Waals surface area contributed by atoms with Gasteiger partial charge in [0.25, 0.3) is 0 Å². The smallest absolute Gasteiger partial charge is 0.422 e. The minimum atomic E-state index is -4.38. The highest BCUT2D eigenvalue weighted by atomic mass is 19.4. The molecule has 0 heterocycles. The topological polar surface area (TPSA) is 50.8 Å². The highest BCUT2D eigenvalue weighted by molar-refractivity contribution is 5.78. The van der Waals surface area contributed by atoms with Crippen LogP contribution in [0.5, 0.6) is 11.5 Å². The van der Waals surface area contributed by atoms with Gasteiger partial charge in [-0.15, -0.1) is 0 Å². The maximum absolute atomic E-state index is 12.4. The third-order valence-corrected chi connectivity index (χ3v) is 4.42. The molecule has 0 radical (unpaired) electrons. The molecule has 5 nitrogen and oxygen atoms in total. The van der Waals surface area contributed by atoms with Crippen molar-refractivity contribution in [2.45, 2.75) is 33.1 Å². The van der Waals surface area contributed by atoms with Crippen molar-refractivity contribution in [1.29, 1.82) is 0 Å². The summed E-state index contributed by atoms with van der Waals surface area (Å²) in [6.45, 7) is 3.20. The Labute approximate surface area is 174 Å². The lowest BCUT2D eigenvalue weighted by Crippen LogP contribution is -2.34. The van der Waals surface area contributed by atoms with E-state index in [0.29, 0.717) is 24.2 Å².